The Morgan fingerprint density at radius 1 is 1.30 bits per heavy atom. The average molecular weight is 404 g/mol. The van der Waals surface area contributed by atoms with Gasteiger partial charge in [-0.15, -0.1) is 11.3 Å². The van der Waals surface area contributed by atoms with Crippen LogP contribution in [0.15, 0.2) is 52.5 Å². The molecule has 2 heterocycles. The molecule has 0 saturated carbocycles. The minimum atomic E-state index is -0.464. The summed E-state index contributed by atoms with van der Waals surface area (Å²) in [5.74, 6) is -0.0642. The molecule has 3 aromatic rings. The third-order valence-corrected chi connectivity index (χ3v) is 4.80. The Morgan fingerprint density at radius 3 is 2.74 bits per heavy atom. The zero-order valence-corrected chi connectivity index (χ0v) is 16.1. The molecule has 0 aliphatic heterocycles. The van der Waals surface area contributed by atoms with Gasteiger partial charge in [0.25, 0.3) is 0 Å². The molecule has 0 atom stereocenters. The minimum Gasteiger partial charge on any atom is -0.467 e. The molecule has 0 spiro atoms. The van der Waals surface area contributed by atoms with Crippen molar-refractivity contribution in [3.8, 4) is 11.1 Å². The molecule has 0 fully saturated rings. The summed E-state index contributed by atoms with van der Waals surface area (Å²) in [6.45, 7) is 2.41. The van der Waals surface area contributed by atoms with E-state index in [0.717, 1.165) is 11.3 Å². The van der Waals surface area contributed by atoms with Crippen molar-refractivity contribution < 1.29 is 18.3 Å². The number of anilines is 1. The number of thiophene rings is 1. The SMILES string of the molecule is CCOC(=O)c1c(-c2ccc(F)cc2)csc1NC(=S)NCc1ccco1. The molecular weight excluding hydrogens is 387 g/mol. The number of ether oxygens (including phenoxy) is 1. The molecule has 0 amide bonds. The maximum absolute atomic E-state index is 13.2. The number of furan rings is 1. The van der Waals surface area contributed by atoms with Crippen molar-refractivity contribution in [3.05, 3.63) is 65.2 Å². The summed E-state index contributed by atoms with van der Waals surface area (Å²) in [5, 5.41) is 8.78. The molecule has 8 heteroatoms. The van der Waals surface area contributed by atoms with Crippen molar-refractivity contribution in [2.75, 3.05) is 11.9 Å². The zero-order chi connectivity index (χ0) is 19.2. The molecule has 3 rings (SSSR count). The third-order valence-electron chi connectivity index (χ3n) is 3.66. The Morgan fingerprint density at radius 2 is 2.07 bits per heavy atom. The first kappa shape index (κ1) is 19.1. The van der Waals surface area contributed by atoms with E-state index in [4.69, 9.17) is 21.4 Å². The van der Waals surface area contributed by atoms with Gasteiger partial charge in [-0.1, -0.05) is 12.1 Å². The van der Waals surface area contributed by atoms with Gasteiger partial charge in [-0.2, -0.15) is 0 Å². The summed E-state index contributed by atoms with van der Waals surface area (Å²) < 4.78 is 23.7. The van der Waals surface area contributed by atoms with Crippen LogP contribution in [-0.4, -0.2) is 17.7 Å². The van der Waals surface area contributed by atoms with E-state index in [2.05, 4.69) is 10.6 Å². The van der Waals surface area contributed by atoms with Crippen LogP contribution in [0.25, 0.3) is 11.1 Å². The Bertz CT molecular complexity index is 921. The van der Waals surface area contributed by atoms with E-state index in [0.29, 0.717) is 27.8 Å². The van der Waals surface area contributed by atoms with Gasteiger partial charge in [0.2, 0.25) is 0 Å². The summed E-state index contributed by atoms with van der Waals surface area (Å²) in [6, 6.07) is 9.57. The number of halogens is 1. The minimum absolute atomic E-state index is 0.248. The van der Waals surface area contributed by atoms with Crippen molar-refractivity contribution in [3.63, 3.8) is 0 Å². The van der Waals surface area contributed by atoms with Gasteiger partial charge in [-0.3, -0.25) is 0 Å². The zero-order valence-electron chi connectivity index (χ0n) is 14.5. The van der Waals surface area contributed by atoms with Gasteiger partial charge >= 0.3 is 5.97 Å². The number of esters is 1. The lowest BCUT2D eigenvalue weighted by Crippen LogP contribution is -2.28. The normalized spacial score (nSPS) is 10.4. The van der Waals surface area contributed by atoms with Gasteiger partial charge in [0.15, 0.2) is 5.11 Å². The highest BCUT2D eigenvalue weighted by atomic mass is 32.1. The largest absolute Gasteiger partial charge is 0.467 e. The van der Waals surface area contributed by atoms with Crippen LogP contribution in [0.4, 0.5) is 9.39 Å². The highest BCUT2D eigenvalue weighted by Gasteiger charge is 2.22. The fourth-order valence-electron chi connectivity index (χ4n) is 2.43. The molecule has 2 N–H and O–H groups in total. The second-order valence-electron chi connectivity index (χ2n) is 5.47. The maximum Gasteiger partial charge on any atom is 0.341 e. The lowest BCUT2D eigenvalue weighted by Gasteiger charge is -2.11. The predicted octanol–water partition coefficient (Wildman–Crippen LogP) is 4.81. The number of hydrogen-bond donors (Lipinski definition) is 2. The topological polar surface area (TPSA) is 63.5 Å². The number of nitrogens with one attached hydrogen (secondary N) is 2. The van der Waals surface area contributed by atoms with E-state index in [9.17, 15) is 9.18 Å². The number of rotatable bonds is 6. The van der Waals surface area contributed by atoms with Crippen LogP contribution >= 0.6 is 23.6 Å². The summed E-state index contributed by atoms with van der Waals surface area (Å²) in [6.07, 6.45) is 1.58. The van der Waals surface area contributed by atoms with E-state index in [1.54, 1.807) is 31.4 Å². The van der Waals surface area contributed by atoms with Crippen LogP contribution in [0.2, 0.25) is 0 Å². The lowest BCUT2D eigenvalue weighted by atomic mass is 10.0. The Kier molecular flexibility index (Phi) is 6.20. The van der Waals surface area contributed by atoms with E-state index in [1.165, 1.54) is 23.5 Å². The van der Waals surface area contributed by atoms with Crippen molar-refractivity contribution in [1.29, 1.82) is 0 Å². The summed E-state index contributed by atoms with van der Waals surface area (Å²) in [4.78, 5) is 12.5. The number of carbonyl (C=O) groups excluding carboxylic acids is 1. The standard InChI is InChI=1S/C19H17FN2O3S2/c1-2-24-18(23)16-15(12-5-7-13(20)8-6-12)11-27-17(16)22-19(26)21-10-14-4-3-9-25-14/h3-9,11H,2,10H2,1H3,(H2,21,22,26). The predicted molar refractivity (Wildman–Crippen MR) is 107 cm³/mol. The fraction of sp³-hybridized carbons (Fsp3) is 0.158. The molecule has 0 aliphatic rings. The molecule has 5 nitrogen and oxygen atoms in total. The number of carbonyl (C=O) groups is 1. The van der Waals surface area contributed by atoms with Gasteiger partial charge in [0, 0.05) is 10.9 Å². The molecule has 0 unspecified atom stereocenters. The second kappa shape index (κ2) is 8.79. The second-order valence-corrected chi connectivity index (χ2v) is 6.76. The van der Waals surface area contributed by atoms with Gasteiger partial charge in [0.05, 0.1) is 19.4 Å². The first-order valence-electron chi connectivity index (χ1n) is 8.20. The van der Waals surface area contributed by atoms with E-state index in [-0.39, 0.29) is 12.4 Å². The third kappa shape index (κ3) is 4.72. The molecule has 0 radical (unpaired) electrons. The van der Waals surface area contributed by atoms with Crippen LogP contribution < -0.4 is 10.6 Å². The van der Waals surface area contributed by atoms with E-state index < -0.39 is 5.97 Å². The van der Waals surface area contributed by atoms with Crippen molar-refractivity contribution in [2.45, 2.75) is 13.5 Å². The molecule has 0 bridgehead atoms. The molecule has 27 heavy (non-hydrogen) atoms. The molecule has 0 aliphatic carbocycles. The van der Waals surface area contributed by atoms with E-state index >= 15 is 0 Å². The van der Waals surface area contributed by atoms with Crippen molar-refractivity contribution in [2.24, 2.45) is 0 Å². The van der Waals surface area contributed by atoms with Gasteiger partial charge in [-0.05, 0) is 49.0 Å². The average Bonchev–Trinajstić information content (AvgIpc) is 3.31. The smallest absolute Gasteiger partial charge is 0.341 e. The summed E-state index contributed by atoms with van der Waals surface area (Å²) in [5.41, 5.74) is 1.75. The van der Waals surface area contributed by atoms with Crippen LogP contribution in [0.3, 0.4) is 0 Å². The van der Waals surface area contributed by atoms with Crippen LogP contribution in [0.5, 0.6) is 0 Å². The number of benzene rings is 1. The monoisotopic (exact) mass is 404 g/mol. The van der Waals surface area contributed by atoms with Gasteiger partial charge < -0.3 is 19.8 Å². The number of thiocarbonyl (C=S) groups is 1. The van der Waals surface area contributed by atoms with Crippen molar-refractivity contribution >= 4 is 39.6 Å². The van der Waals surface area contributed by atoms with Gasteiger partial charge in [0.1, 0.15) is 22.1 Å². The molecule has 1 aromatic carbocycles. The molecule has 2 aromatic heterocycles. The first-order valence-corrected chi connectivity index (χ1v) is 9.49. The van der Waals surface area contributed by atoms with Crippen molar-refractivity contribution in [1.82, 2.24) is 5.32 Å². The van der Waals surface area contributed by atoms with Crippen LogP contribution in [0.1, 0.15) is 23.0 Å². The highest BCUT2D eigenvalue weighted by Crippen LogP contribution is 2.36. The summed E-state index contributed by atoms with van der Waals surface area (Å²) in [7, 11) is 0. The van der Waals surface area contributed by atoms with Gasteiger partial charge in [-0.25, -0.2) is 9.18 Å². The first-order chi connectivity index (χ1) is 13.1. The van der Waals surface area contributed by atoms with Crippen LogP contribution in [0, 0.1) is 5.82 Å². The molecule has 0 saturated heterocycles. The quantitative estimate of drug-likeness (QED) is 0.454. The lowest BCUT2D eigenvalue weighted by molar-refractivity contribution is 0.0529. The molecular formula is C19H17FN2O3S2. The maximum atomic E-state index is 13.2. The summed E-state index contributed by atoms with van der Waals surface area (Å²) >= 11 is 6.63. The fourth-order valence-corrected chi connectivity index (χ4v) is 3.63. The number of hydrogen-bond acceptors (Lipinski definition) is 5. The molecule has 140 valence electrons. The Labute approximate surface area is 165 Å². The van der Waals surface area contributed by atoms with E-state index in [1.807, 2.05) is 11.4 Å². The Balaban J connectivity index is 1.82. The Hall–Kier alpha value is -2.71. The highest BCUT2D eigenvalue weighted by molar-refractivity contribution is 7.80. The van der Waals surface area contributed by atoms with Crippen LogP contribution in [-0.2, 0) is 11.3 Å².